The van der Waals surface area contributed by atoms with Crippen molar-refractivity contribution in [3.05, 3.63) is 83.4 Å². The van der Waals surface area contributed by atoms with Crippen LogP contribution in [0.25, 0.3) is 11.1 Å². The first-order valence-corrected chi connectivity index (χ1v) is 13.5. The summed E-state index contributed by atoms with van der Waals surface area (Å²) in [6.45, 7) is 0. The molecule has 16 heteroatoms. The van der Waals surface area contributed by atoms with Gasteiger partial charge in [0.25, 0.3) is 5.66 Å². The van der Waals surface area contributed by atoms with Gasteiger partial charge >= 0.3 is 118 Å². The average molecular weight is 604 g/mol. The zero-order valence-electron chi connectivity index (χ0n) is 20.7. The van der Waals surface area contributed by atoms with Gasteiger partial charge in [-0.05, 0) is 42.0 Å². The van der Waals surface area contributed by atoms with Crippen LogP contribution in [-0.2, 0) is 26.3 Å². The number of thioether (sulfide) groups is 1. The van der Waals surface area contributed by atoms with Gasteiger partial charge in [-0.25, -0.2) is 0 Å². The molecule has 0 amide bonds. The molecule has 0 aliphatic heterocycles. The standard InChI is InChI=1S/C21H20F2O7P2S.4Na/c22-21(23,32(28,29)30)18-8-3-15(4-9-18)13-33-12-14-1-5-16(6-2-14)17-7-10-19(24)20(11-17)31(25,26)27;;;;/h1-11,24H,12-13H2,(H2,25,26,27)(H2,28,29,30);;;;/q;4*+1/p-4. The molecule has 3 aromatic carbocycles. The second kappa shape index (κ2) is 17.2. The van der Waals surface area contributed by atoms with Crippen molar-refractivity contribution in [2.24, 2.45) is 0 Å². The molecule has 0 heterocycles. The third-order valence-electron chi connectivity index (χ3n) is 4.74. The maximum Gasteiger partial charge on any atom is 1.00 e. The van der Waals surface area contributed by atoms with Gasteiger partial charge in [-0.15, -0.1) is 0 Å². The van der Waals surface area contributed by atoms with E-state index >= 15 is 0 Å². The average Bonchev–Trinajstić information content (AvgIpc) is 2.73. The van der Waals surface area contributed by atoms with E-state index in [1.807, 2.05) is 0 Å². The smallest absolute Gasteiger partial charge is 0.807 e. The van der Waals surface area contributed by atoms with Crippen molar-refractivity contribution in [1.29, 1.82) is 0 Å². The van der Waals surface area contributed by atoms with Crippen LogP contribution >= 0.6 is 27.0 Å². The Kier molecular flexibility index (Phi) is 19.1. The molecule has 0 aromatic heterocycles. The van der Waals surface area contributed by atoms with E-state index in [2.05, 4.69) is 0 Å². The predicted octanol–water partition coefficient (Wildman–Crippen LogP) is -9.99. The minimum absolute atomic E-state index is 0. The minimum Gasteiger partial charge on any atom is -0.807 e. The number of phenols is 1. The molecule has 0 unspecified atom stereocenters. The van der Waals surface area contributed by atoms with Crippen LogP contribution in [0.4, 0.5) is 8.78 Å². The van der Waals surface area contributed by atoms with Crippen LogP contribution in [0, 0.1) is 0 Å². The maximum atomic E-state index is 13.6. The molecule has 0 spiro atoms. The summed E-state index contributed by atoms with van der Waals surface area (Å²) in [6.07, 6.45) is 0. The predicted molar refractivity (Wildman–Crippen MR) is 114 cm³/mol. The quantitative estimate of drug-likeness (QED) is 0.197. The third-order valence-corrected chi connectivity index (χ3v) is 7.71. The molecule has 0 fully saturated rings. The number of halogens is 2. The number of benzene rings is 3. The minimum atomic E-state index is -6.10. The number of hydrogen-bond acceptors (Lipinski definition) is 8. The summed E-state index contributed by atoms with van der Waals surface area (Å²) in [5.74, 6) is 0.405. The van der Waals surface area contributed by atoms with Crippen LogP contribution in [0.5, 0.6) is 5.75 Å². The fourth-order valence-electron chi connectivity index (χ4n) is 2.96. The fourth-order valence-corrected chi connectivity index (χ4v) is 5.04. The van der Waals surface area contributed by atoms with Crippen LogP contribution in [0.15, 0.2) is 66.7 Å². The Bertz CT molecular complexity index is 1240. The molecule has 0 saturated heterocycles. The number of hydrogen-bond donors (Lipinski definition) is 1. The summed E-state index contributed by atoms with van der Waals surface area (Å²) in [4.78, 5) is 44.0. The van der Waals surface area contributed by atoms with Crippen molar-refractivity contribution >= 4 is 32.3 Å². The number of alkyl halides is 2. The van der Waals surface area contributed by atoms with E-state index in [4.69, 9.17) is 0 Å². The topological polar surface area (TPSA) is 147 Å². The molecular formula is C21H16F2Na4O7P2S. The summed E-state index contributed by atoms with van der Waals surface area (Å²) in [7, 11) is -11.2. The van der Waals surface area contributed by atoms with E-state index in [9.17, 15) is 42.6 Å². The van der Waals surface area contributed by atoms with Crippen molar-refractivity contribution in [3.63, 3.8) is 0 Å². The van der Waals surface area contributed by atoms with Crippen LogP contribution < -0.4 is 143 Å². The maximum absolute atomic E-state index is 13.6. The first-order valence-electron chi connectivity index (χ1n) is 9.31. The van der Waals surface area contributed by atoms with Crippen molar-refractivity contribution < 1.29 is 161 Å². The van der Waals surface area contributed by atoms with Crippen molar-refractivity contribution in [2.45, 2.75) is 17.2 Å². The van der Waals surface area contributed by atoms with Gasteiger partial charge in [-0.2, -0.15) is 20.5 Å². The van der Waals surface area contributed by atoms with E-state index in [-0.39, 0.29) is 118 Å². The van der Waals surface area contributed by atoms with Crippen molar-refractivity contribution in [1.82, 2.24) is 0 Å². The molecule has 0 bridgehead atoms. The van der Waals surface area contributed by atoms with E-state index < -0.39 is 37.5 Å². The molecule has 0 aliphatic rings. The Morgan fingerprint density at radius 1 is 0.730 bits per heavy atom. The molecule has 0 saturated carbocycles. The Balaban J connectivity index is 0. The molecule has 1 N–H and O–H groups in total. The van der Waals surface area contributed by atoms with Crippen molar-refractivity contribution in [3.8, 4) is 16.9 Å². The Hall–Kier alpha value is 1.97. The van der Waals surface area contributed by atoms with Crippen molar-refractivity contribution in [2.75, 3.05) is 0 Å². The van der Waals surface area contributed by atoms with Gasteiger partial charge < -0.3 is 33.8 Å². The van der Waals surface area contributed by atoms with Gasteiger partial charge in [0, 0.05) is 30.0 Å². The summed E-state index contributed by atoms with van der Waals surface area (Å²) in [5.41, 5.74) is -2.66. The number of phenolic OH excluding ortho intramolecular Hbond substituents is 1. The van der Waals surface area contributed by atoms with Crippen LogP contribution in [-0.4, -0.2) is 5.11 Å². The molecule has 3 rings (SSSR count). The summed E-state index contributed by atoms with van der Waals surface area (Å²) in [6, 6.07) is 15.3. The zero-order chi connectivity index (χ0) is 24.4. The summed E-state index contributed by atoms with van der Waals surface area (Å²) >= 11 is 1.47. The largest absolute Gasteiger partial charge is 1.00 e. The van der Waals surface area contributed by atoms with Crippen LogP contribution in [0.1, 0.15) is 16.7 Å². The van der Waals surface area contributed by atoms with Crippen LogP contribution in [0.2, 0.25) is 0 Å². The SMILES string of the molecule is O=P([O-])([O-])c1cc(-c2ccc(CSCc3ccc(C(F)(F)P(=O)([O-])[O-])cc3)cc2)ccc1O.[Na+].[Na+].[Na+].[Na+]. The van der Waals surface area contributed by atoms with Crippen LogP contribution in [0.3, 0.4) is 0 Å². The molecular weight excluding hydrogens is 588 g/mol. The van der Waals surface area contributed by atoms with E-state index in [1.165, 1.54) is 30.0 Å². The molecule has 3 aromatic rings. The van der Waals surface area contributed by atoms with Gasteiger partial charge in [0.1, 0.15) is 5.75 Å². The monoisotopic (exact) mass is 604 g/mol. The summed E-state index contributed by atoms with van der Waals surface area (Å²) in [5, 5.41) is 8.92. The van der Waals surface area contributed by atoms with E-state index in [0.717, 1.165) is 29.8 Å². The normalized spacial score (nSPS) is 11.3. The first-order chi connectivity index (χ1) is 15.3. The molecule has 37 heavy (non-hydrogen) atoms. The first kappa shape index (κ1) is 41.1. The number of aromatic hydroxyl groups is 1. The molecule has 7 nitrogen and oxygen atoms in total. The Morgan fingerprint density at radius 2 is 1.16 bits per heavy atom. The molecule has 0 aliphatic carbocycles. The number of rotatable bonds is 8. The second-order valence-corrected chi connectivity index (χ2v) is 11.1. The zero-order valence-corrected chi connectivity index (χ0v) is 31.3. The summed E-state index contributed by atoms with van der Waals surface area (Å²) < 4.78 is 49.1. The molecule has 176 valence electrons. The van der Waals surface area contributed by atoms with E-state index in [0.29, 0.717) is 28.2 Å². The second-order valence-electron chi connectivity index (χ2n) is 7.13. The molecule has 0 atom stereocenters. The third kappa shape index (κ3) is 11.3. The Morgan fingerprint density at radius 3 is 1.59 bits per heavy atom. The van der Waals surface area contributed by atoms with Gasteiger partial charge in [-0.3, -0.25) is 0 Å². The van der Waals surface area contributed by atoms with Gasteiger partial charge in [0.2, 0.25) is 0 Å². The van der Waals surface area contributed by atoms with E-state index in [1.54, 1.807) is 24.3 Å². The van der Waals surface area contributed by atoms with Gasteiger partial charge in [0.15, 0.2) is 0 Å². The van der Waals surface area contributed by atoms with Gasteiger partial charge in [-0.1, -0.05) is 54.6 Å². The van der Waals surface area contributed by atoms with Gasteiger partial charge in [0.05, 0.1) is 0 Å². The fraction of sp³-hybridized carbons (Fsp3) is 0.143. The Labute approximate surface area is 306 Å². The molecule has 0 radical (unpaired) electrons.